The average Bonchev–Trinajstić information content (AvgIpc) is 2.88. The number of nitro benzene ring substituents is 1. The molecule has 2 rings (SSSR count). The molecular formula is C13H16N4O4. The maximum atomic E-state index is 10.8. The summed E-state index contributed by atoms with van der Waals surface area (Å²) in [6.07, 6.45) is 0. The monoisotopic (exact) mass is 292 g/mol. The van der Waals surface area contributed by atoms with Crippen molar-refractivity contribution in [1.82, 2.24) is 15.6 Å². The number of rotatable bonds is 7. The summed E-state index contributed by atoms with van der Waals surface area (Å²) in [4.78, 5) is 10.4. The second-order valence-electron chi connectivity index (χ2n) is 4.41. The standard InChI is InChI=1S/C13H16N4O4/c1-3-14-7-10-6-11(17(18)19)4-5-13(10)20-8-12-9(2)15-21-16-12/h4-6,14H,3,7-8H2,1-2H3. The Labute approximate surface area is 121 Å². The van der Waals surface area contributed by atoms with Crippen LogP contribution in [0.25, 0.3) is 0 Å². The number of ether oxygens (including phenoxy) is 1. The molecule has 1 aromatic carbocycles. The van der Waals surface area contributed by atoms with Gasteiger partial charge in [0, 0.05) is 24.2 Å². The van der Waals surface area contributed by atoms with E-state index in [0.29, 0.717) is 23.7 Å². The van der Waals surface area contributed by atoms with Gasteiger partial charge in [0.1, 0.15) is 23.7 Å². The molecule has 0 aliphatic heterocycles. The van der Waals surface area contributed by atoms with Gasteiger partial charge in [0.15, 0.2) is 0 Å². The first kappa shape index (κ1) is 14.9. The second-order valence-corrected chi connectivity index (χ2v) is 4.41. The molecule has 2 aromatic rings. The van der Waals surface area contributed by atoms with E-state index in [1.54, 1.807) is 13.0 Å². The van der Waals surface area contributed by atoms with Crippen molar-refractivity contribution in [3.63, 3.8) is 0 Å². The van der Waals surface area contributed by atoms with E-state index in [9.17, 15) is 10.1 Å². The third kappa shape index (κ3) is 3.76. The molecule has 0 spiro atoms. The summed E-state index contributed by atoms with van der Waals surface area (Å²) in [5, 5.41) is 21.4. The molecule has 0 aliphatic rings. The highest BCUT2D eigenvalue weighted by molar-refractivity contribution is 5.43. The van der Waals surface area contributed by atoms with E-state index >= 15 is 0 Å². The van der Waals surface area contributed by atoms with Gasteiger partial charge >= 0.3 is 0 Å². The summed E-state index contributed by atoms with van der Waals surface area (Å²) >= 11 is 0. The van der Waals surface area contributed by atoms with Crippen molar-refractivity contribution in [1.29, 1.82) is 0 Å². The van der Waals surface area contributed by atoms with E-state index in [1.165, 1.54) is 12.1 Å². The lowest BCUT2D eigenvalue weighted by molar-refractivity contribution is -0.384. The molecule has 21 heavy (non-hydrogen) atoms. The van der Waals surface area contributed by atoms with Crippen LogP contribution in [0.15, 0.2) is 22.8 Å². The van der Waals surface area contributed by atoms with Crippen LogP contribution in [0.2, 0.25) is 0 Å². The minimum atomic E-state index is -0.426. The minimum absolute atomic E-state index is 0.0366. The summed E-state index contributed by atoms with van der Waals surface area (Å²) in [7, 11) is 0. The number of aryl methyl sites for hydroxylation is 1. The number of nitro groups is 1. The van der Waals surface area contributed by atoms with Crippen molar-refractivity contribution in [2.75, 3.05) is 6.54 Å². The number of nitrogens with zero attached hydrogens (tertiary/aromatic N) is 3. The number of benzene rings is 1. The number of hydrogen-bond acceptors (Lipinski definition) is 7. The normalized spacial score (nSPS) is 10.6. The summed E-state index contributed by atoms with van der Waals surface area (Å²) in [6, 6.07) is 4.51. The van der Waals surface area contributed by atoms with E-state index in [1.807, 2.05) is 6.92 Å². The van der Waals surface area contributed by atoms with Gasteiger partial charge in [-0.15, -0.1) is 0 Å². The molecule has 112 valence electrons. The van der Waals surface area contributed by atoms with Gasteiger partial charge in [-0.2, -0.15) is 0 Å². The Bertz CT molecular complexity index is 626. The van der Waals surface area contributed by atoms with Gasteiger partial charge in [-0.3, -0.25) is 10.1 Å². The fourth-order valence-electron chi connectivity index (χ4n) is 1.74. The van der Waals surface area contributed by atoms with Gasteiger partial charge in [0.25, 0.3) is 5.69 Å². The molecule has 0 radical (unpaired) electrons. The molecule has 8 nitrogen and oxygen atoms in total. The minimum Gasteiger partial charge on any atom is -0.487 e. The number of non-ortho nitro benzene ring substituents is 1. The Morgan fingerprint density at radius 3 is 2.86 bits per heavy atom. The zero-order valence-corrected chi connectivity index (χ0v) is 11.8. The largest absolute Gasteiger partial charge is 0.487 e. The Morgan fingerprint density at radius 2 is 2.24 bits per heavy atom. The van der Waals surface area contributed by atoms with Gasteiger partial charge in [-0.1, -0.05) is 17.2 Å². The average molecular weight is 292 g/mol. The molecular weight excluding hydrogens is 276 g/mol. The first-order chi connectivity index (χ1) is 10.1. The smallest absolute Gasteiger partial charge is 0.270 e. The van der Waals surface area contributed by atoms with E-state index in [-0.39, 0.29) is 12.3 Å². The highest BCUT2D eigenvalue weighted by Crippen LogP contribution is 2.25. The van der Waals surface area contributed by atoms with Gasteiger partial charge in [0.05, 0.1) is 4.92 Å². The van der Waals surface area contributed by atoms with Crippen LogP contribution in [-0.2, 0) is 13.2 Å². The maximum absolute atomic E-state index is 10.8. The van der Waals surface area contributed by atoms with Crippen LogP contribution >= 0.6 is 0 Å². The van der Waals surface area contributed by atoms with Crippen LogP contribution < -0.4 is 10.1 Å². The molecule has 0 saturated heterocycles. The van der Waals surface area contributed by atoms with Crippen LogP contribution in [-0.4, -0.2) is 21.8 Å². The maximum Gasteiger partial charge on any atom is 0.270 e. The van der Waals surface area contributed by atoms with Crippen LogP contribution in [0, 0.1) is 17.0 Å². The van der Waals surface area contributed by atoms with Crippen molar-refractivity contribution >= 4 is 5.69 Å². The molecule has 0 atom stereocenters. The van der Waals surface area contributed by atoms with Gasteiger partial charge in [0.2, 0.25) is 0 Å². The third-order valence-electron chi connectivity index (χ3n) is 2.93. The highest BCUT2D eigenvalue weighted by Gasteiger charge is 2.13. The molecule has 0 saturated carbocycles. The predicted octanol–water partition coefficient (Wildman–Crippen LogP) is 1.97. The van der Waals surface area contributed by atoms with E-state index in [2.05, 4.69) is 20.3 Å². The Balaban J connectivity index is 2.16. The van der Waals surface area contributed by atoms with Gasteiger partial charge in [-0.05, 0) is 19.5 Å². The summed E-state index contributed by atoms with van der Waals surface area (Å²) in [5.41, 5.74) is 2.02. The predicted molar refractivity (Wildman–Crippen MR) is 73.8 cm³/mol. The number of aromatic nitrogens is 2. The van der Waals surface area contributed by atoms with Crippen LogP contribution in [0.1, 0.15) is 23.9 Å². The van der Waals surface area contributed by atoms with E-state index in [0.717, 1.165) is 12.1 Å². The molecule has 0 bridgehead atoms. The Hall–Kier alpha value is -2.48. The van der Waals surface area contributed by atoms with Crippen molar-refractivity contribution in [2.45, 2.75) is 27.0 Å². The Morgan fingerprint density at radius 1 is 1.43 bits per heavy atom. The first-order valence-electron chi connectivity index (χ1n) is 6.50. The fourth-order valence-corrected chi connectivity index (χ4v) is 1.74. The van der Waals surface area contributed by atoms with Gasteiger partial charge < -0.3 is 10.1 Å². The van der Waals surface area contributed by atoms with Crippen molar-refractivity contribution < 1.29 is 14.3 Å². The lowest BCUT2D eigenvalue weighted by Gasteiger charge is -2.11. The van der Waals surface area contributed by atoms with E-state index in [4.69, 9.17) is 4.74 Å². The molecule has 1 heterocycles. The van der Waals surface area contributed by atoms with E-state index < -0.39 is 4.92 Å². The third-order valence-corrected chi connectivity index (χ3v) is 2.93. The summed E-state index contributed by atoms with van der Waals surface area (Å²) in [6.45, 7) is 5.18. The zero-order chi connectivity index (χ0) is 15.2. The Kier molecular flexibility index (Phi) is 4.83. The lowest BCUT2D eigenvalue weighted by atomic mass is 10.1. The SMILES string of the molecule is CCNCc1cc([N+](=O)[O-])ccc1OCc1nonc1C. The molecule has 0 aliphatic carbocycles. The molecule has 0 amide bonds. The van der Waals surface area contributed by atoms with Crippen LogP contribution in [0.3, 0.4) is 0 Å². The molecule has 1 aromatic heterocycles. The summed E-state index contributed by atoms with van der Waals surface area (Å²) in [5.74, 6) is 0.573. The zero-order valence-electron chi connectivity index (χ0n) is 11.8. The fraction of sp³-hybridized carbons (Fsp3) is 0.385. The number of nitrogens with one attached hydrogen (secondary N) is 1. The van der Waals surface area contributed by atoms with Crippen molar-refractivity contribution in [3.8, 4) is 5.75 Å². The van der Waals surface area contributed by atoms with Crippen molar-refractivity contribution in [2.24, 2.45) is 0 Å². The second kappa shape index (κ2) is 6.80. The topological polar surface area (TPSA) is 103 Å². The van der Waals surface area contributed by atoms with Crippen molar-refractivity contribution in [3.05, 3.63) is 45.3 Å². The highest BCUT2D eigenvalue weighted by atomic mass is 16.6. The molecule has 0 fully saturated rings. The van der Waals surface area contributed by atoms with Crippen LogP contribution in [0.5, 0.6) is 5.75 Å². The quantitative estimate of drug-likeness (QED) is 0.614. The van der Waals surface area contributed by atoms with Crippen LogP contribution in [0.4, 0.5) is 5.69 Å². The lowest BCUT2D eigenvalue weighted by Crippen LogP contribution is -2.13. The number of hydrogen-bond donors (Lipinski definition) is 1. The molecule has 0 unspecified atom stereocenters. The molecule has 8 heteroatoms. The van der Waals surface area contributed by atoms with Gasteiger partial charge in [-0.25, -0.2) is 4.63 Å². The first-order valence-corrected chi connectivity index (χ1v) is 6.50. The summed E-state index contributed by atoms with van der Waals surface area (Å²) < 4.78 is 10.3. The molecule has 1 N–H and O–H groups in total.